The Morgan fingerprint density at radius 1 is 1.28 bits per heavy atom. The Morgan fingerprint density at radius 3 is 2.78 bits per heavy atom. The predicted octanol–water partition coefficient (Wildman–Crippen LogP) is 1.70. The van der Waals surface area contributed by atoms with Gasteiger partial charge in [0.15, 0.2) is 0 Å². The number of morpholine rings is 1. The minimum absolute atomic E-state index is 0.226. The normalized spacial score (nSPS) is 16.1. The smallest absolute Gasteiger partial charge is 0.352 e. The van der Waals surface area contributed by atoms with Gasteiger partial charge in [0.2, 0.25) is 0 Å². The van der Waals surface area contributed by atoms with Gasteiger partial charge in [-0.1, -0.05) is 6.07 Å². The lowest BCUT2D eigenvalue weighted by atomic mass is 10.2. The monoisotopic (exact) mass is 246 g/mol. The van der Waals surface area contributed by atoms with Crippen LogP contribution in [-0.2, 0) is 4.74 Å². The largest absolute Gasteiger partial charge is 0.477 e. The zero-order valence-corrected chi connectivity index (χ0v) is 9.85. The summed E-state index contributed by atoms with van der Waals surface area (Å²) in [5.41, 5.74) is 2.19. The van der Waals surface area contributed by atoms with Crippen molar-refractivity contribution in [1.29, 1.82) is 0 Å². The van der Waals surface area contributed by atoms with Crippen molar-refractivity contribution in [3.63, 3.8) is 0 Å². The average Bonchev–Trinajstić information content (AvgIpc) is 2.82. The maximum Gasteiger partial charge on any atom is 0.352 e. The number of carboxylic acid groups (broad SMARTS) is 1. The summed E-state index contributed by atoms with van der Waals surface area (Å²) >= 11 is 0. The first kappa shape index (κ1) is 11.1. The quantitative estimate of drug-likeness (QED) is 0.846. The number of aromatic nitrogens is 1. The Morgan fingerprint density at radius 2 is 2.06 bits per heavy atom. The van der Waals surface area contributed by atoms with Crippen LogP contribution in [0.15, 0.2) is 24.3 Å². The molecule has 1 aliphatic heterocycles. The van der Waals surface area contributed by atoms with Crippen molar-refractivity contribution in [1.82, 2.24) is 4.98 Å². The van der Waals surface area contributed by atoms with E-state index in [2.05, 4.69) is 9.88 Å². The van der Waals surface area contributed by atoms with E-state index in [1.807, 2.05) is 18.2 Å². The number of anilines is 1. The lowest BCUT2D eigenvalue weighted by Crippen LogP contribution is -2.36. The second kappa shape index (κ2) is 4.34. The van der Waals surface area contributed by atoms with Gasteiger partial charge in [-0.25, -0.2) is 4.79 Å². The molecule has 2 N–H and O–H groups in total. The number of aromatic amines is 1. The summed E-state index contributed by atoms with van der Waals surface area (Å²) in [6.07, 6.45) is 0. The molecule has 1 aromatic carbocycles. The highest BCUT2D eigenvalue weighted by Gasteiger charge is 2.13. The Kier molecular flexibility index (Phi) is 2.68. The molecular formula is C13H14N2O3. The fraction of sp³-hybridized carbons (Fsp3) is 0.308. The van der Waals surface area contributed by atoms with Crippen LogP contribution < -0.4 is 4.90 Å². The highest BCUT2D eigenvalue weighted by molar-refractivity contribution is 5.94. The third-order valence-electron chi connectivity index (χ3n) is 3.21. The van der Waals surface area contributed by atoms with Crippen LogP contribution >= 0.6 is 0 Å². The van der Waals surface area contributed by atoms with Crippen molar-refractivity contribution in [3.05, 3.63) is 30.0 Å². The standard InChI is InChI=1S/C13H14N2O3/c16-13(17)12-7-9-1-2-10(8-11(9)14-12)15-3-5-18-6-4-15/h1-2,7-8,14H,3-6H2,(H,16,17). The van der Waals surface area contributed by atoms with Crippen molar-refractivity contribution in [3.8, 4) is 0 Å². The lowest BCUT2D eigenvalue weighted by Gasteiger charge is -2.28. The number of fused-ring (bicyclic) bond motifs is 1. The topological polar surface area (TPSA) is 65.6 Å². The first-order valence-corrected chi connectivity index (χ1v) is 5.93. The number of rotatable bonds is 2. The molecule has 0 bridgehead atoms. The van der Waals surface area contributed by atoms with E-state index in [4.69, 9.17) is 9.84 Å². The van der Waals surface area contributed by atoms with E-state index < -0.39 is 5.97 Å². The lowest BCUT2D eigenvalue weighted by molar-refractivity contribution is 0.0691. The number of nitrogens with zero attached hydrogens (tertiary/aromatic N) is 1. The highest BCUT2D eigenvalue weighted by Crippen LogP contribution is 2.23. The molecular weight excluding hydrogens is 232 g/mol. The number of hydrogen-bond acceptors (Lipinski definition) is 3. The molecule has 5 nitrogen and oxygen atoms in total. The summed E-state index contributed by atoms with van der Waals surface area (Å²) in [6.45, 7) is 3.22. The van der Waals surface area contributed by atoms with Gasteiger partial charge in [0.1, 0.15) is 5.69 Å². The molecule has 0 radical (unpaired) electrons. The van der Waals surface area contributed by atoms with E-state index >= 15 is 0 Å². The molecule has 5 heteroatoms. The number of hydrogen-bond donors (Lipinski definition) is 2. The van der Waals surface area contributed by atoms with E-state index in [1.165, 1.54) is 0 Å². The molecule has 2 heterocycles. The Labute approximate surface area is 104 Å². The van der Waals surface area contributed by atoms with Crippen molar-refractivity contribution in [2.75, 3.05) is 31.2 Å². The number of carboxylic acids is 1. The van der Waals surface area contributed by atoms with Gasteiger partial charge < -0.3 is 19.7 Å². The highest BCUT2D eigenvalue weighted by atomic mass is 16.5. The minimum Gasteiger partial charge on any atom is -0.477 e. The van der Waals surface area contributed by atoms with Gasteiger partial charge in [0, 0.05) is 29.7 Å². The molecule has 2 aromatic rings. The second-order valence-electron chi connectivity index (χ2n) is 4.36. The van der Waals surface area contributed by atoms with Crippen LogP contribution in [-0.4, -0.2) is 42.4 Å². The zero-order valence-electron chi connectivity index (χ0n) is 9.85. The summed E-state index contributed by atoms with van der Waals surface area (Å²) in [6, 6.07) is 7.62. The van der Waals surface area contributed by atoms with Gasteiger partial charge in [-0.3, -0.25) is 0 Å². The number of carbonyl (C=O) groups is 1. The second-order valence-corrected chi connectivity index (χ2v) is 4.36. The molecule has 1 fully saturated rings. The molecule has 18 heavy (non-hydrogen) atoms. The van der Waals surface area contributed by atoms with Crippen molar-refractivity contribution < 1.29 is 14.6 Å². The van der Waals surface area contributed by atoms with Crippen molar-refractivity contribution >= 4 is 22.6 Å². The maximum atomic E-state index is 10.9. The van der Waals surface area contributed by atoms with Gasteiger partial charge in [-0.2, -0.15) is 0 Å². The summed E-state index contributed by atoms with van der Waals surface area (Å²) in [5, 5.41) is 9.87. The van der Waals surface area contributed by atoms with Crippen LogP contribution in [0.4, 0.5) is 5.69 Å². The molecule has 0 atom stereocenters. The van der Waals surface area contributed by atoms with Crippen LogP contribution in [0, 0.1) is 0 Å². The maximum absolute atomic E-state index is 10.9. The first-order chi connectivity index (χ1) is 8.74. The fourth-order valence-corrected chi connectivity index (χ4v) is 2.25. The van der Waals surface area contributed by atoms with Gasteiger partial charge in [0.25, 0.3) is 0 Å². The minimum atomic E-state index is -0.931. The van der Waals surface area contributed by atoms with Crippen LogP contribution in [0.1, 0.15) is 10.5 Å². The zero-order chi connectivity index (χ0) is 12.5. The van der Waals surface area contributed by atoms with Crippen molar-refractivity contribution in [2.24, 2.45) is 0 Å². The number of benzene rings is 1. The van der Waals surface area contributed by atoms with E-state index in [0.29, 0.717) is 0 Å². The SMILES string of the molecule is O=C(O)c1cc2ccc(N3CCOCC3)cc2[nH]1. The third kappa shape index (κ3) is 1.93. The summed E-state index contributed by atoms with van der Waals surface area (Å²) in [7, 11) is 0. The average molecular weight is 246 g/mol. The van der Waals surface area contributed by atoms with E-state index in [9.17, 15) is 4.79 Å². The number of H-pyrrole nitrogens is 1. The summed E-state index contributed by atoms with van der Waals surface area (Å²) in [5.74, 6) is -0.931. The van der Waals surface area contributed by atoms with Crippen molar-refractivity contribution in [2.45, 2.75) is 0 Å². The van der Waals surface area contributed by atoms with Gasteiger partial charge in [0.05, 0.1) is 13.2 Å². The Hall–Kier alpha value is -2.01. The molecule has 0 aliphatic carbocycles. The molecule has 1 aromatic heterocycles. The first-order valence-electron chi connectivity index (χ1n) is 5.93. The third-order valence-corrected chi connectivity index (χ3v) is 3.21. The van der Waals surface area contributed by atoms with E-state index in [1.54, 1.807) is 6.07 Å². The molecule has 94 valence electrons. The number of ether oxygens (including phenoxy) is 1. The van der Waals surface area contributed by atoms with Crippen LogP contribution in [0.5, 0.6) is 0 Å². The molecule has 0 unspecified atom stereocenters. The molecule has 0 saturated carbocycles. The van der Waals surface area contributed by atoms with E-state index in [-0.39, 0.29) is 5.69 Å². The molecule has 0 spiro atoms. The molecule has 3 rings (SSSR count). The molecule has 1 saturated heterocycles. The van der Waals surface area contributed by atoms with Crippen LogP contribution in [0.3, 0.4) is 0 Å². The number of nitrogens with one attached hydrogen (secondary N) is 1. The predicted molar refractivity (Wildman–Crippen MR) is 68.3 cm³/mol. The van der Waals surface area contributed by atoms with Crippen LogP contribution in [0.2, 0.25) is 0 Å². The fourth-order valence-electron chi connectivity index (χ4n) is 2.25. The van der Waals surface area contributed by atoms with Crippen LogP contribution in [0.25, 0.3) is 10.9 Å². The summed E-state index contributed by atoms with van der Waals surface area (Å²) < 4.78 is 5.32. The number of aromatic carboxylic acids is 1. The Bertz CT molecular complexity index is 585. The Balaban J connectivity index is 1.96. The molecule has 0 amide bonds. The summed E-state index contributed by atoms with van der Waals surface area (Å²) in [4.78, 5) is 16.1. The van der Waals surface area contributed by atoms with Gasteiger partial charge in [-0.05, 0) is 18.2 Å². The van der Waals surface area contributed by atoms with Gasteiger partial charge >= 0.3 is 5.97 Å². The van der Waals surface area contributed by atoms with Gasteiger partial charge in [-0.15, -0.1) is 0 Å². The molecule has 1 aliphatic rings. The van der Waals surface area contributed by atoms with E-state index in [0.717, 1.165) is 42.9 Å².